The van der Waals surface area contributed by atoms with Crippen LogP contribution in [0.4, 0.5) is 4.39 Å². The maximum absolute atomic E-state index is 13.9. The number of aryl methyl sites for hydroxylation is 1. The summed E-state index contributed by atoms with van der Waals surface area (Å²) in [6, 6.07) is 5.90. The average molecular weight is 325 g/mol. The fourth-order valence-electron chi connectivity index (χ4n) is 2.67. The number of rotatable bonds is 2. The number of carbonyl (C=O) groups is 1. The molecule has 1 aromatic heterocycles. The molecule has 1 aromatic carbocycles. The Bertz CT molecular complexity index is 660. The lowest BCUT2D eigenvalue weighted by Crippen LogP contribution is -2.49. The van der Waals surface area contributed by atoms with Gasteiger partial charge in [-0.05, 0) is 12.1 Å². The predicted molar refractivity (Wildman–Crippen MR) is 83.5 cm³/mol. The van der Waals surface area contributed by atoms with Gasteiger partial charge in [0.25, 0.3) is 5.91 Å². The molecule has 1 amide bonds. The van der Waals surface area contributed by atoms with E-state index in [1.54, 1.807) is 23.2 Å². The number of benzene rings is 1. The molecule has 1 unspecified atom stereocenters. The first-order valence-electron chi connectivity index (χ1n) is 6.92. The standard InChI is InChI=1S/C15H17FN4O.ClH/c1-19-8-7-18-14(19)13-10-17-6-9-20(13)15(21)11-4-2-3-5-12(11)16;/h2-5,7-8,13,17H,6,9-10H2,1H3;1H. The molecule has 0 spiro atoms. The second-order valence-corrected chi connectivity index (χ2v) is 5.09. The summed E-state index contributed by atoms with van der Waals surface area (Å²) in [5.74, 6) is 0.0223. The lowest BCUT2D eigenvalue weighted by atomic mass is 10.1. The van der Waals surface area contributed by atoms with E-state index in [1.807, 2.05) is 17.8 Å². The molecule has 0 saturated carbocycles. The summed E-state index contributed by atoms with van der Waals surface area (Å²) in [5.41, 5.74) is 0.110. The Labute approximate surface area is 134 Å². The van der Waals surface area contributed by atoms with Gasteiger partial charge in [-0.3, -0.25) is 4.79 Å². The zero-order chi connectivity index (χ0) is 14.8. The van der Waals surface area contributed by atoms with Gasteiger partial charge in [0.15, 0.2) is 0 Å². The number of carbonyl (C=O) groups excluding carboxylic acids is 1. The highest BCUT2D eigenvalue weighted by Gasteiger charge is 2.31. The Morgan fingerprint density at radius 2 is 2.18 bits per heavy atom. The van der Waals surface area contributed by atoms with Crippen molar-refractivity contribution in [3.63, 3.8) is 0 Å². The molecule has 118 valence electrons. The Morgan fingerprint density at radius 3 is 2.86 bits per heavy atom. The molecule has 1 N–H and O–H groups in total. The zero-order valence-corrected chi connectivity index (χ0v) is 13.0. The van der Waals surface area contributed by atoms with E-state index < -0.39 is 5.82 Å². The highest BCUT2D eigenvalue weighted by molar-refractivity contribution is 5.94. The molecule has 1 fully saturated rings. The highest BCUT2D eigenvalue weighted by atomic mass is 35.5. The van der Waals surface area contributed by atoms with Crippen molar-refractivity contribution in [2.45, 2.75) is 6.04 Å². The second kappa shape index (κ2) is 6.89. The molecule has 1 atom stereocenters. The number of nitrogens with zero attached hydrogens (tertiary/aromatic N) is 3. The van der Waals surface area contributed by atoms with Crippen molar-refractivity contribution in [1.29, 1.82) is 0 Å². The molecule has 0 bridgehead atoms. The lowest BCUT2D eigenvalue weighted by molar-refractivity contribution is 0.0616. The SMILES string of the molecule is Cl.Cn1ccnc1C1CNCCN1C(=O)c1ccccc1F. The predicted octanol–water partition coefficient (Wildman–Crippen LogP) is 1.77. The summed E-state index contributed by atoms with van der Waals surface area (Å²) in [4.78, 5) is 18.7. The van der Waals surface area contributed by atoms with E-state index >= 15 is 0 Å². The topological polar surface area (TPSA) is 50.2 Å². The minimum atomic E-state index is -0.486. The monoisotopic (exact) mass is 324 g/mol. The minimum Gasteiger partial charge on any atom is -0.336 e. The molecule has 7 heteroatoms. The molecule has 0 aliphatic carbocycles. The van der Waals surface area contributed by atoms with Crippen LogP contribution in [0.1, 0.15) is 22.2 Å². The van der Waals surface area contributed by atoms with Crippen LogP contribution in [-0.4, -0.2) is 40.0 Å². The number of imidazole rings is 1. The van der Waals surface area contributed by atoms with Crippen LogP contribution in [0.5, 0.6) is 0 Å². The van der Waals surface area contributed by atoms with Crippen LogP contribution in [0.3, 0.4) is 0 Å². The molecule has 0 radical (unpaired) electrons. The fraction of sp³-hybridized carbons (Fsp3) is 0.333. The number of nitrogens with one attached hydrogen (secondary N) is 1. The van der Waals surface area contributed by atoms with E-state index in [0.29, 0.717) is 19.6 Å². The number of halogens is 2. The Kier molecular flexibility index (Phi) is 5.15. The Balaban J connectivity index is 0.00000176. The zero-order valence-electron chi connectivity index (χ0n) is 12.2. The first kappa shape index (κ1) is 16.5. The van der Waals surface area contributed by atoms with Crippen LogP contribution in [0, 0.1) is 5.82 Å². The molecule has 2 heterocycles. The molecule has 1 aliphatic rings. The van der Waals surface area contributed by atoms with Gasteiger partial charge in [0, 0.05) is 39.1 Å². The van der Waals surface area contributed by atoms with Gasteiger partial charge in [0.2, 0.25) is 0 Å². The molecule has 22 heavy (non-hydrogen) atoms. The van der Waals surface area contributed by atoms with Crippen LogP contribution in [0.2, 0.25) is 0 Å². The maximum Gasteiger partial charge on any atom is 0.257 e. The van der Waals surface area contributed by atoms with E-state index in [9.17, 15) is 9.18 Å². The van der Waals surface area contributed by atoms with Gasteiger partial charge in [-0.1, -0.05) is 12.1 Å². The van der Waals surface area contributed by atoms with Gasteiger partial charge in [-0.25, -0.2) is 9.37 Å². The fourth-order valence-corrected chi connectivity index (χ4v) is 2.67. The van der Waals surface area contributed by atoms with Gasteiger partial charge in [-0.15, -0.1) is 12.4 Å². The molecular weight excluding hydrogens is 307 g/mol. The third-order valence-corrected chi connectivity index (χ3v) is 3.77. The van der Waals surface area contributed by atoms with E-state index in [2.05, 4.69) is 10.3 Å². The van der Waals surface area contributed by atoms with Crippen LogP contribution in [-0.2, 0) is 7.05 Å². The van der Waals surface area contributed by atoms with Crippen molar-refractivity contribution in [3.8, 4) is 0 Å². The lowest BCUT2D eigenvalue weighted by Gasteiger charge is -2.35. The molecule has 1 saturated heterocycles. The normalized spacial score (nSPS) is 17.9. The largest absolute Gasteiger partial charge is 0.336 e. The van der Waals surface area contributed by atoms with Gasteiger partial charge in [0.1, 0.15) is 17.7 Å². The quantitative estimate of drug-likeness (QED) is 0.916. The first-order chi connectivity index (χ1) is 10.2. The van der Waals surface area contributed by atoms with Crippen molar-refractivity contribution < 1.29 is 9.18 Å². The van der Waals surface area contributed by atoms with Crippen LogP contribution >= 0.6 is 12.4 Å². The number of hydrogen-bond acceptors (Lipinski definition) is 3. The summed E-state index contributed by atoms with van der Waals surface area (Å²) in [5, 5.41) is 3.26. The van der Waals surface area contributed by atoms with E-state index in [-0.39, 0.29) is 29.9 Å². The molecule has 5 nitrogen and oxygen atoms in total. The smallest absolute Gasteiger partial charge is 0.257 e. The second-order valence-electron chi connectivity index (χ2n) is 5.09. The highest BCUT2D eigenvalue weighted by Crippen LogP contribution is 2.23. The summed E-state index contributed by atoms with van der Waals surface area (Å²) in [6.45, 7) is 1.84. The van der Waals surface area contributed by atoms with Crippen molar-refractivity contribution in [2.24, 2.45) is 7.05 Å². The third-order valence-electron chi connectivity index (χ3n) is 3.77. The van der Waals surface area contributed by atoms with E-state index in [4.69, 9.17) is 0 Å². The van der Waals surface area contributed by atoms with E-state index in [1.165, 1.54) is 12.1 Å². The summed E-state index contributed by atoms with van der Waals surface area (Å²) in [6.07, 6.45) is 3.55. The van der Waals surface area contributed by atoms with Gasteiger partial charge >= 0.3 is 0 Å². The third kappa shape index (κ3) is 2.98. The summed E-state index contributed by atoms with van der Waals surface area (Å²) < 4.78 is 15.7. The van der Waals surface area contributed by atoms with Crippen molar-refractivity contribution in [3.05, 3.63) is 53.9 Å². The summed E-state index contributed by atoms with van der Waals surface area (Å²) >= 11 is 0. The van der Waals surface area contributed by atoms with E-state index in [0.717, 1.165) is 5.82 Å². The Hall–Kier alpha value is -1.92. The van der Waals surface area contributed by atoms with Crippen molar-refractivity contribution in [2.75, 3.05) is 19.6 Å². The van der Waals surface area contributed by atoms with Crippen LogP contribution in [0.15, 0.2) is 36.7 Å². The van der Waals surface area contributed by atoms with Crippen molar-refractivity contribution >= 4 is 18.3 Å². The number of aromatic nitrogens is 2. The molecule has 1 aliphatic heterocycles. The molecule has 2 aromatic rings. The average Bonchev–Trinajstić information content (AvgIpc) is 2.93. The number of hydrogen-bond donors (Lipinski definition) is 1. The number of amides is 1. The van der Waals surface area contributed by atoms with Crippen LogP contribution < -0.4 is 5.32 Å². The first-order valence-corrected chi connectivity index (χ1v) is 6.92. The molecular formula is C15H18ClFN4O. The molecule has 3 rings (SSSR count). The van der Waals surface area contributed by atoms with Crippen molar-refractivity contribution in [1.82, 2.24) is 19.8 Å². The van der Waals surface area contributed by atoms with Gasteiger partial charge < -0.3 is 14.8 Å². The number of piperazine rings is 1. The maximum atomic E-state index is 13.9. The summed E-state index contributed by atoms with van der Waals surface area (Å²) in [7, 11) is 1.89. The van der Waals surface area contributed by atoms with Gasteiger partial charge in [0.05, 0.1) is 5.56 Å². The minimum absolute atomic E-state index is 0. The van der Waals surface area contributed by atoms with Crippen LogP contribution in [0.25, 0.3) is 0 Å². The Morgan fingerprint density at radius 1 is 1.41 bits per heavy atom. The van der Waals surface area contributed by atoms with Gasteiger partial charge in [-0.2, -0.15) is 0 Å².